The first kappa shape index (κ1) is 9.99. The summed E-state index contributed by atoms with van der Waals surface area (Å²) in [6, 6.07) is 5.28. The molecule has 3 heteroatoms. The minimum atomic E-state index is -0.344. The van der Waals surface area contributed by atoms with Gasteiger partial charge in [0.25, 0.3) is 0 Å². The third-order valence-electron chi connectivity index (χ3n) is 1.78. The van der Waals surface area contributed by atoms with E-state index in [0.717, 1.165) is 5.56 Å². The molecular weight excluding hydrogens is 167 g/mol. The number of anilines is 1. The van der Waals surface area contributed by atoms with Crippen molar-refractivity contribution in [1.29, 1.82) is 0 Å². The van der Waals surface area contributed by atoms with Crippen LogP contribution in [-0.4, -0.2) is 6.04 Å². The molecule has 1 aromatic rings. The summed E-state index contributed by atoms with van der Waals surface area (Å²) in [6.07, 6.45) is 0. The van der Waals surface area contributed by atoms with E-state index in [2.05, 4.69) is 5.32 Å². The summed E-state index contributed by atoms with van der Waals surface area (Å²) in [6.45, 7) is 4.77. The van der Waals surface area contributed by atoms with E-state index in [0.29, 0.717) is 12.6 Å². The molecule has 72 valence electrons. The second-order valence-electron chi connectivity index (χ2n) is 3.39. The number of nitrogen functional groups attached to an aromatic ring is 1. The molecule has 0 unspecified atom stereocenters. The fourth-order valence-corrected chi connectivity index (χ4v) is 1.00. The largest absolute Gasteiger partial charge is 0.396 e. The van der Waals surface area contributed by atoms with E-state index < -0.39 is 0 Å². The molecule has 0 amide bonds. The summed E-state index contributed by atoms with van der Waals surface area (Å²) in [7, 11) is 0. The van der Waals surface area contributed by atoms with Gasteiger partial charge in [0, 0.05) is 12.6 Å². The van der Waals surface area contributed by atoms with Gasteiger partial charge >= 0.3 is 0 Å². The van der Waals surface area contributed by atoms with Gasteiger partial charge in [0.1, 0.15) is 5.82 Å². The SMILES string of the molecule is CC(C)NCc1ccc(N)c(F)c1. The van der Waals surface area contributed by atoms with Crippen LogP contribution in [0.4, 0.5) is 10.1 Å². The lowest BCUT2D eigenvalue weighted by atomic mass is 10.2. The first-order chi connectivity index (χ1) is 6.09. The zero-order valence-corrected chi connectivity index (χ0v) is 7.97. The van der Waals surface area contributed by atoms with Gasteiger partial charge < -0.3 is 11.1 Å². The van der Waals surface area contributed by atoms with Gasteiger partial charge in [-0.25, -0.2) is 4.39 Å². The van der Waals surface area contributed by atoms with Crippen LogP contribution in [0.5, 0.6) is 0 Å². The quantitative estimate of drug-likeness (QED) is 0.701. The highest BCUT2D eigenvalue weighted by Crippen LogP contribution is 2.11. The lowest BCUT2D eigenvalue weighted by Crippen LogP contribution is -2.21. The summed E-state index contributed by atoms with van der Waals surface area (Å²) >= 11 is 0. The Balaban J connectivity index is 2.63. The molecule has 0 saturated carbocycles. The normalized spacial score (nSPS) is 10.8. The Morgan fingerprint density at radius 1 is 1.46 bits per heavy atom. The van der Waals surface area contributed by atoms with Gasteiger partial charge in [0.15, 0.2) is 0 Å². The molecule has 0 aliphatic rings. The van der Waals surface area contributed by atoms with Crippen molar-refractivity contribution in [2.45, 2.75) is 26.4 Å². The number of rotatable bonds is 3. The Labute approximate surface area is 77.9 Å². The average Bonchev–Trinajstić information content (AvgIpc) is 2.07. The van der Waals surface area contributed by atoms with Crippen molar-refractivity contribution in [2.24, 2.45) is 0 Å². The zero-order chi connectivity index (χ0) is 9.84. The van der Waals surface area contributed by atoms with E-state index >= 15 is 0 Å². The standard InChI is InChI=1S/C10H15FN2/c1-7(2)13-6-8-3-4-10(12)9(11)5-8/h3-5,7,13H,6,12H2,1-2H3. The Kier molecular flexibility index (Phi) is 3.25. The maximum Gasteiger partial charge on any atom is 0.146 e. The maximum atomic E-state index is 13.0. The summed E-state index contributed by atoms with van der Waals surface area (Å²) in [4.78, 5) is 0. The molecule has 0 aromatic heterocycles. The number of hydrogen-bond donors (Lipinski definition) is 2. The van der Waals surface area contributed by atoms with Gasteiger partial charge in [0.05, 0.1) is 5.69 Å². The Hall–Kier alpha value is -1.09. The minimum absolute atomic E-state index is 0.202. The molecule has 0 spiro atoms. The second kappa shape index (κ2) is 4.23. The van der Waals surface area contributed by atoms with E-state index in [4.69, 9.17) is 5.73 Å². The Bertz CT molecular complexity index is 284. The molecule has 0 radical (unpaired) electrons. The van der Waals surface area contributed by atoms with Gasteiger partial charge in [0.2, 0.25) is 0 Å². The van der Waals surface area contributed by atoms with Crippen LogP contribution >= 0.6 is 0 Å². The van der Waals surface area contributed by atoms with Gasteiger partial charge in [-0.2, -0.15) is 0 Å². The highest BCUT2D eigenvalue weighted by atomic mass is 19.1. The predicted molar refractivity (Wildman–Crippen MR) is 52.8 cm³/mol. The smallest absolute Gasteiger partial charge is 0.146 e. The van der Waals surface area contributed by atoms with Gasteiger partial charge in [-0.3, -0.25) is 0 Å². The number of nitrogens with two attached hydrogens (primary N) is 1. The van der Waals surface area contributed by atoms with Crippen molar-refractivity contribution in [3.63, 3.8) is 0 Å². The Morgan fingerprint density at radius 2 is 2.15 bits per heavy atom. The molecule has 3 N–H and O–H groups in total. The molecule has 1 aromatic carbocycles. The molecule has 0 aliphatic heterocycles. The van der Waals surface area contributed by atoms with Crippen molar-refractivity contribution in [2.75, 3.05) is 5.73 Å². The van der Waals surface area contributed by atoms with E-state index in [9.17, 15) is 4.39 Å². The molecule has 0 bridgehead atoms. The minimum Gasteiger partial charge on any atom is -0.396 e. The average molecular weight is 182 g/mol. The monoisotopic (exact) mass is 182 g/mol. The van der Waals surface area contributed by atoms with Crippen LogP contribution in [0, 0.1) is 5.82 Å². The van der Waals surface area contributed by atoms with E-state index in [1.54, 1.807) is 6.07 Å². The highest BCUT2D eigenvalue weighted by molar-refractivity contribution is 5.41. The predicted octanol–water partition coefficient (Wildman–Crippen LogP) is 1.91. The van der Waals surface area contributed by atoms with Crippen molar-refractivity contribution in [3.05, 3.63) is 29.6 Å². The van der Waals surface area contributed by atoms with Gasteiger partial charge in [-0.1, -0.05) is 19.9 Å². The fraction of sp³-hybridized carbons (Fsp3) is 0.400. The van der Waals surface area contributed by atoms with Gasteiger partial charge in [-0.15, -0.1) is 0 Å². The van der Waals surface area contributed by atoms with E-state index in [-0.39, 0.29) is 11.5 Å². The van der Waals surface area contributed by atoms with Crippen molar-refractivity contribution in [3.8, 4) is 0 Å². The summed E-state index contributed by atoms with van der Waals surface area (Å²) in [5.74, 6) is -0.344. The summed E-state index contributed by atoms with van der Waals surface area (Å²) in [5, 5.41) is 3.20. The second-order valence-corrected chi connectivity index (χ2v) is 3.39. The topological polar surface area (TPSA) is 38.0 Å². The van der Waals surface area contributed by atoms with Gasteiger partial charge in [-0.05, 0) is 17.7 Å². The Morgan fingerprint density at radius 3 is 2.69 bits per heavy atom. The number of nitrogens with one attached hydrogen (secondary N) is 1. The lowest BCUT2D eigenvalue weighted by molar-refractivity contribution is 0.582. The van der Waals surface area contributed by atoms with Crippen LogP contribution in [-0.2, 0) is 6.54 Å². The molecule has 0 aliphatic carbocycles. The first-order valence-electron chi connectivity index (χ1n) is 4.37. The molecular formula is C10H15FN2. The molecule has 0 fully saturated rings. The highest BCUT2D eigenvalue weighted by Gasteiger charge is 2.00. The number of benzene rings is 1. The molecule has 2 nitrogen and oxygen atoms in total. The fourth-order valence-electron chi connectivity index (χ4n) is 1.00. The maximum absolute atomic E-state index is 13.0. The summed E-state index contributed by atoms with van der Waals surface area (Å²) in [5.41, 5.74) is 6.47. The van der Waals surface area contributed by atoms with Crippen molar-refractivity contribution in [1.82, 2.24) is 5.32 Å². The van der Waals surface area contributed by atoms with Crippen LogP contribution in [0.15, 0.2) is 18.2 Å². The van der Waals surface area contributed by atoms with Crippen LogP contribution in [0.3, 0.4) is 0 Å². The van der Waals surface area contributed by atoms with E-state index in [1.165, 1.54) is 6.07 Å². The van der Waals surface area contributed by atoms with E-state index in [1.807, 2.05) is 19.9 Å². The van der Waals surface area contributed by atoms with Crippen molar-refractivity contribution >= 4 is 5.69 Å². The van der Waals surface area contributed by atoms with Crippen LogP contribution in [0.2, 0.25) is 0 Å². The third kappa shape index (κ3) is 3.03. The molecule has 13 heavy (non-hydrogen) atoms. The molecule has 1 rings (SSSR count). The van der Waals surface area contributed by atoms with Crippen LogP contribution in [0.1, 0.15) is 19.4 Å². The third-order valence-corrected chi connectivity index (χ3v) is 1.78. The zero-order valence-electron chi connectivity index (χ0n) is 7.97. The molecule has 0 atom stereocenters. The molecule has 0 saturated heterocycles. The van der Waals surface area contributed by atoms with Crippen LogP contribution in [0.25, 0.3) is 0 Å². The molecule has 0 heterocycles. The lowest BCUT2D eigenvalue weighted by Gasteiger charge is -2.08. The number of halogens is 1. The summed E-state index contributed by atoms with van der Waals surface area (Å²) < 4.78 is 13.0. The van der Waals surface area contributed by atoms with Crippen molar-refractivity contribution < 1.29 is 4.39 Å². The van der Waals surface area contributed by atoms with Crippen LogP contribution < -0.4 is 11.1 Å². The first-order valence-corrected chi connectivity index (χ1v) is 4.37. The number of hydrogen-bond acceptors (Lipinski definition) is 2.